The lowest BCUT2D eigenvalue weighted by Gasteiger charge is -2.35. The standard InChI is InChI=1S/C23H26F2N6O3S/c1-12(28-22(32)21-29-23(26)31-30-21)16-10-17(24)15(8-18(16)25)9-19-13(2)27-11-20(35(19,33)34)14-6-4-3-5-7-14/h3-8,10,12-13,19-20,27H,9,11H2,1-2H3,(H,28,32)(H3,26,29,30,31)/t12?,13-,19?,20-/m0/s1. The second-order valence-corrected chi connectivity index (χ2v) is 11.0. The number of nitrogens with two attached hydrogens (primary N) is 1. The van der Waals surface area contributed by atoms with Crippen molar-refractivity contribution < 1.29 is 22.0 Å². The van der Waals surface area contributed by atoms with Crippen molar-refractivity contribution in [1.82, 2.24) is 25.8 Å². The molecule has 0 aliphatic carbocycles. The molecule has 0 radical (unpaired) electrons. The minimum Gasteiger partial charge on any atom is -0.366 e. The van der Waals surface area contributed by atoms with E-state index in [4.69, 9.17) is 5.73 Å². The lowest BCUT2D eigenvalue weighted by molar-refractivity contribution is 0.0929. The number of halogens is 2. The van der Waals surface area contributed by atoms with E-state index in [-0.39, 0.29) is 35.9 Å². The van der Waals surface area contributed by atoms with Gasteiger partial charge in [0.25, 0.3) is 5.91 Å². The van der Waals surface area contributed by atoms with Crippen LogP contribution in [0.4, 0.5) is 14.7 Å². The molecule has 9 nitrogen and oxygen atoms in total. The first kappa shape index (κ1) is 24.7. The molecule has 2 unspecified atom stereocenters. The van der Waals surface area contributed by atoms with Crippen LogP contribution < -0.4 is 16.4 Å². The number of nitrogens with zero attached hydrogens (tertiary/aromatic N) is 2. The van der Waals surface area contributed by atoms with Gasteiger partial charge >= 0.3 is 0 Å². The van der Waals surface area contributed by atoms with E-state index in [1.54, 1.807) is 37.3 Å². The van der Waals surface area contributed by atoms with Crippen LogP contribution in [0, 0.1) is 11.6 Å². The lowest BCUT2D eigenvalue weighted by atomic mass is 9.99. The summed E-state index contributed by atoms with van der Waals surface area (Å²) in [4.78, 5) is 15.9. The minimum absolute atomic E-state index is 0.0521. The summed E-state index contributed by atoms with van der Waals surface area (Å²) in [6, 6.07) is 9.45. The van der Waals surface area contributed by atoms with Crippen molar-refractivity contribution in [2.24, 2.45) is 0 Å². The number of H-pyrrole nitrogens is 1. The molecular weight excluding hydrogens is 478 g/mol. The van der Waals surface area contributed by atoms with Gasteiger partial charge in [-0.2, -0.15) is 4.98 Å². The number of sulfone groups is 1. The second kappa shape index (κ2) is 9.70. The molecule has 0 saturated carbocycles. The maximum absolute atomic E-state index is 15.1. The van der Waals surface area contributed by atoms with Gasteiger partial charge in [-0.15, -0.1) is 5.10 Å². The van der Waals surface area contributed by atoms with Crippen molar-refractivity contribution in [3.63, 3.8) is 0 Å². The number of rotatable bonds is 6. The van der Waals surface area contributed by atoms with Crippen LogP contribution in [0.5, 0.6) is 0 Å². The number of nitrogen functional groups attached to an aromatic ring is 1. The van der Waals surface area contributed by atoms with Crippen LogP contribution >= 0.6 is 0 Å². The van der Waals surface area contributed by atoms with E-state index in [0.29, 0.717) is 5.56 Å². The summed E-state index contributed by atoms with van der Waals surface area (Å²) >= 11 is 0. The number of nitrogens with one attached hydrogen (secondary N) is 3. The summed E-state index contributed by atoms with van der Waals surface area (Å²) in [5.74, 6) is -2.50. The third-order valence-electron chi connectivity index (χ3n) is 6.29. The predicted molar refractivity (Wildman–Crippen MR) is 126 cm³/mol. The summed E-state index contributed by atoms with van der Waals surface area (Å²) in [5.41, 5.74) is 5.88. The SMILES string of the molecule is CC(NC(=O)c1nc(N)n[nH]1)c1cc(F)c(CC2[C@H](C)NC[C@@H](c3ccccc3)S2(=O)=O)cc1F. The Balaban J connectivity index is 1.55. The number of aromatic nitrogens is 3. The molecule has 12 heteroatoms. The highest BCUT2D eigenvalue weighted by Crippen LogP contribution is 2.33. The summed E-state index contributed by atoms with van der Waals surface area (Å²) in [5, 5.41) is 9.85. The maximum atomic E-state index is 15.1. The Morgan fingerprint density at radius 2 is 1.94 bits per heavy atom. The Morgan fingerprint density at radius 1 is 1.23 bits per heavy atom. The molecule has 35 heavy (non-hydrogen) atoms. The fourth-order valence-electron chi connectivity index (χ4n) is 4.33. The highest BCUT2D eigenvalue weighted by atomic mass is 32.2. The molecule has 2 heterocycles. The van der Waals surface area contributed by atoms with E-state index < -0.39 is 50.0 Å². The second-order valence-electron chi connectivity index (χ2n) is 8.63. The van der Waals surface area contributed by atoms with Gasteiger partial charge < -0.3 is 16.4 Å². The van der Waals surface area contributed by atoms with E-state index in [9.17, 15) is 17.6 Å². The average molecular weight is 505 g/mol. The number of hydrogen-bond donors (Lipinski definition) is 4. The monoisotopic (exact) mass is 504 g/mol. The van der Waals surface area contributed by atoms with Crippen molar-refractivity contribution in [3.05, 3.63) is 76.6 Å². The minimum atomic E-state index is -3.70. The number of benzene rings is 2. The molecule has 5 N–H and O–H groups in total. The number of hydrogen-bond acceptors (Lipinski definition) is 7. The first-order valence-corrected chi connectivity index (χ1v) is 12.7. The number of carbonyl (C=O) groups excluding carboxylic acids is 1. The first-order valence-electron chi connectivity index (χ1n) is 11.1. The molecule has 1 aliphatic rings. The van der Waals surface area contributed by atoms with Crippen molar-refractivity contribution in [1.29, 1.82) is 0 Å². The molecule has 2 aromatic carbocycles. The van der Waals surface area contributed by atoms with Crippen molar-refractivity contribution >= 4 is 21.7 Å². The zero-order chi connectivity index (χ0) is 25.3. The van der Waals surface area contributed by atoms with Gasteiger partial charge in [0.1, 0.15) is 11.6 Å². The molecule has 1 aromatic heterocycles. The maximum Gasteiger partial charge on any atom is 0.289 e. The quantitative estimate of drug-likeness (QED) is 0.403. The highest BCUT2D eigenvalue weighted by Gasteiger charge is 2.42. The number of carbonyl (C=O) groups is 1. The van der Waals surface area contributed by atoms with E-state index in [0.717, 1.165) is 12.1 Å². The molecule has 1 amide bonds. The van der Waals surface area contributed by atoms with Crippen LogP contribution in [0.15, 0.2) is 42.5 Å². The summed E-state index contributed by atoms with van der Waals surface area (Å²) in [7, 11) is -3.70. The average Bonchev–Trinajstić information content (AvgIpc) is 3.25. The summed E-state index contributed by atoms with van der Waals surface area (Å²) < 4.78 is 56.9. The molecule has 1 saturated heterocycles. The zero-order valence-electron chi connectivity index (χ0n) is 19.1. The lowest BCUT2D eigenvalue weighted by Crippen LogP contribution is -2.53. The van der Waals surface area contributed by atoms with Crippen LogP contribution in [0.3, 0.4) is 0 Å². The number of anilines is 1. The Kier molecular flexibility index (Phi) is 6.86. The molecule has 1 aliphatic heterocycles. The van der Waals surface area contributed by atoms with Gasteiger partial charge in [-0.1, -0.05) is 30.3 Å². The fourth-order valence-corrected chi connectivity index (χ4v) is 6.70. The van der Waals surface area contributed by atoms with Crippen LogP contribution in [0.2, 0.25) is 0 Å². The van der Waals surface area contributed by atoms with Crippen molar-refractivity contribution in [3.8, 4) is 0 Å². The molecular formula is C23H26F2N6O3S. The molecule has 4 atom stereocenters. The van der Waals surface area contributed by atoms with Gasteiger partial charge in [0.05, 0.1) is 16.5 Å². The number of amides is 1. The van der Waals surface area contributed by atoms with Gasteiger partial charge in [0.2, 0.25) is 11.8 Å². The molecule has 0 bridgehead atoms. The number of aromatic amines is 1. The van der Waals surface area contributed by atoms with Crippen molar-refractivity contribution in [2.45, 2.75) is 42.9 Å². The Hall–Kier alpha value is -3.38. The van der Waals surface area contributed by atoms with Gasteiger partial charge in [-0.25, -0.2) is 17.2 Å². The Labute approximate surface area is 201 Å². The Morgan fingerprint density at radius 3 is 2.60 bits per heavy atom. The van der Waals surface area contributed by atoms with Crippen LogP contribution in [0.1, 0.15) is 52.4 Å². The summed E-state index contributed by atoms with van der Waals surface area (Å²) in [6.45, 7) is 3.45. The normalized spacial score (nSPS) is 22.5. The zero-order valence-corrected chi connectivity index (χ0v) is 19.9. The molecule has 186 valence electrons. The van der Waals surface area contributed by atoms with Crippen molar-refractivity contribution in [2.75, 3.05) is 12.3 Å². The van der Waals surface area contributed by atoms with Crippen LogP contribution in [-0.4, -0.2) is 47.3 Å². The van der Waals surface area contributed by atoms with Gasteiger partial charge in [-0.3, -0.25) is 9.89 Å². The summed E-state index contributed by atoms with van der Waals surface area (Å²) in [6.07, 6.45) is -0.194. The van der Waals surface area contributed by atoms with Gasteiger partial charge in [-0.05, 0) is 43.5 Å². The largest absolute Gasteiger partial charge is 0.366 e. The predicted octanol–water partition coefficient (Wildman–Crippen LogP) is 2.21. The molecule has 1 fully saturated rings. The third-order valence-corrected chi connectivity index (χ3v) is 8.94. The smallest absolute Gasteiger partial charge is 0.289 e. The fraction of sp³-hybridized carbons (Fsp3) is 0.348. The molecule has 3 aromatic rings. The van der Waals surface area contributed by atoms with Crippen LogP contribution in [-0.2, 0) is 16.3 Å². The van der Waals surface area contributed by atoms with Gasteiger partial charge in [0, 0.05) is 18.2 Å². The van der Waals surface area contributed by atoms with E-state index >= 15 is 4.39 Å². The molecule has 0 spiro atoms. The van der Waals surface area contributed by atoms with E-state index in [2.05, 4.69) is 25.8 Å². The Bertz CT molecular complexity index is 1330. The topological polar surface area (TPSA) is 143 Å². The first-order chi connectivity index (χ1) is 16.6. The van der Waals surface area contributed by atoms with E-state index in [1.807, 2.05) is 0 Å². The highest BCUT2D eigenvalue weighted by molar-refractivity contribution is 7.92. The molecule has 4 rings (SSSR count). The van der Waals surface area contributed by atoms with Crippen LogP contribution in [0.25, 0.3) is 0 Å². The van der Waals surface area contributed by atoms with Gasteiger partial charge in [0.15, 0.2) is 9.84 Å². The third kappa shape index (κ3) is 5.03. The van der Waals surface area contributed by atoms with E-state index in [1.165, 1.54) is 6.92 Å².